The van der Waals surface area contributed by atoms with Gasteiger partial charge in [-0.15, -0.1) is 0 Å². The van der Waals surface area contributed by atoms with Crippen LogP contribution in [0, 0.1) is 11.3 Å². The van der Waals surface area contributed by atoms with Gasteiger partial charge in [0.1, 0.15) is 0 Å². The molecule has 0 aromatic carbocycles. The van der Waals surface area contributed by atoms with Crippen LogP contribution >= 0.6 is 0 Å². The number of nitriles is 1. The van der Waals surface area contributed by atoms with Crippen LogP contribution in [0.4, 0.5) is 0 Å². The van der Waals surface area contributed by atoms with Crippen LogP contribution in [0.25, 0.3) is 0 Å². The van der Waals surface area contributed by atoms with Crippen LogP contribution in [0.15, 0.2) is 12.2 Å². The van der Waals surface area contributed by atoms with Gasteiger partial charge in [0.25, 0.3) is 0 Å². The average molecular weight is 135 g/mol. The molecule has 1 unspecified atom stereocenters. The van der Waals surface area contributed by atoms with E-state index in [1.807, 2.05) is 0 Å². The Balaban J connectivity index is 2.63. The van der Waals surface area contributed by atoms with Crippen molar-refractivity contribution >= 4 is 16.3 Å². The molecule has 9 heavy (non-hydrogen) atoms. The van der Waals surface area contributed by atoms with Crippen LogP contribution < -0.4 is 0 Å². The first kappa shape index (κ1) is 6.88. The molecule has 1 aliphatic rings. The number of hydrogen-bond donors (Lipinski definition) is 0. The molecular weight excluding hydrogens is 125 g/mol. The molecule has 46 valence electrons. The summed E-state index contributed by atoms with van der Waals surface area (Å²) < 4.78 is 0.0781. The summed E-state index contributed by atoms with van der Waals surface area (Å²) in [5.41, 5.74) is 0. The van der Waals surface area contributed by atoms with Gasteiger partial charge in [-0.1, -0.05) is 12.2 Å². The fourth-order valence-corrected chi connectivity index (χ4v) is 1.59. The molecule has 0 fully saturated rings. The monoisotopic (exact) mass is 135 g/mol. The second-order valence-electron chi connectivity index (χ2n) is 2.89. The summed E-state index contributed by atoms with van der Waals surface area (Å²) in [4.78, 5) is 0. The van der Waals surface area contributed by atoms with Gasteiger partial charge in [-0.2, -0.15) is 5.26 Å². The maximum Gasteiger partial charge on any atom is 0.245 e. The van der Waals surface area contributed by atoms with E-state index in [1.165, 1.54) is 0 Å². The molecule has 0 spiro atoms. The van der Waals surface area contributed by atoms with Gasteiger partial charge in [-0.3, -0.25) is 0 Å². The van der Waals surface area contributed by atoms with E-state index < -0.39 is 0 Å². The predicted molar refractivity (Wildman–Crippen MR) is 39.8 cm³/mol. The van der Waals surface area contributed by atoms with Crippen molar-refractivity contribution < 1.29 is 0 Å². The van der Waals surface area contributed by atoms with Gasteiger partial charge >= 0.3 is 0 Å². The molecule has 0 aromatic heterocycles. The Morgan fingerprint density at radius 3 is 2.67 bits per heavy atom. The Bertz CT molecular complexity index is 168. The summed E-state index contributed by atoms with van der Waals surface area (Å²) >= 11 is 1.02. The molecule has 0 aliphatic heterocycles. The Labute approximate surface area is 63.8 Å². The molecule has 0 bridgehead atoms. The van der Waals surface area contributed by atoms with Crippen molar-refractivity contribution in [3.63, 3.8) is 0 Å². The van der Waals surface area contributed by atoms with Crippen LogP contribution in [0.3, 0.4) is 0 Å². The van der Waals surface area contributed by atoms with E-state index in [0.717, 1.165) is 35.6 Å². The molecule has 0 heterocycles. The Morgan fingerprint density at radius 2 is 2.33 bits per heavy atom. The lowest BCUT2D eigenvalue weighted by atomic mass is 9.94. The van der Waals surface area contributed by atoms with E-state index in [9.17, 15) is 0 Å². The van der Waals surface area contributed by atoms with Gasteiger partial charge < -0.3 is 0 Å². The van der Waals surface area contributed by atoms with Crippen molar-refractivity contribution in [2.24, 2.45) is 0 Å². The van der Waals surface area contributed by atoms with E-state index in [4.69, 9.17) is 5.26 Å². The van der Waals surface area contributed by atoms with E-state index in [1.54, 1.807) is 0 Å². The van der Waals surface area contributed by atoms with Gasteiger partial charge in [-0.25, -0.2) is 0 Å². The Kier molecular flexibility index (Phi) is 1.96. The zero-order valence-corrected chi connectivity index (χ0v) is 7.72. The fraction of sp³-hybridized carbons (Fsp3) is 0.571. The SMILES string of the molecule is N#C[C]1([AlH2])CC=CCC1. The third-order valence-electron chi connectivity index (χ3n) is 1.87. The average Bonchev–Trinajstić information content (AvgIpc) is 1.90. The van der Waals surface area contributed by atoms with Crippen molar-refractivity contribution in [1.82, 2.24) is 0 Å². The maximum absolute atomic E-state index is 8.70. The normalized spacial score (nSPS) is 33.7. The highest BCUT2D eigenvalue weighted by atomic mass is 27.0. The van der Waals surface area contributed by atoms with Gasteiger partial charge in [0.15, 0.2) is 0 Å². The third kappa shape index (κ3) is 1.58. The van der Waals surface area contributed by atoms with Crippen molar-refractivity contribution in [2.45, 2.75) is 23.5 Å². The molecule has 0 saturated heterocycles. The lowest BCUT2D eigenvalue weighted by Gasteiger charge is -2.21. The van der Waals surface area contributed by atoms with Crippen molar-refractivity contribution in [1.29, 1.82) is 5.26 Å². The van der Waals surface area contributed by atoms with E-state index in [2.05, 4.69) is 18.2 Å². The summed E-state index contributed by atoms with van der Waals surface area (Å²) in [6, 6.07) is 2.39. The highest BCUT2D eigenvalue weighted by Gasteiger charge is 2.22. The number of hydrogen-bond acceptors (Lipinski definition) is 1. The summed E-state index contributed by atoms with van der Waals surface area (Å²) in [7, 11) is 0. The second-order valence-corrected chi connectivity index (χ2v) is 4.80. The Hall–Kier alpha value is -0.238. The molecular formula is C7H10AlN. The zero-order chi connectivity index (χ0) is 6.74. The number of allylic oxidation sites excluding steroid dienone is 2. The van der Waals surface area contributed by atoms with E-state index >= 15 is 0 Å². The molecule has 0 saturated carbocycles. The number of rotatable bonds is 0. The summed E-state index contributed by atoms with van der Waals surface area (Å²) in [6.07, 6.45) is 7.51. The van der Waals surface area contributed by atoms with Gasteiger partial charge in [0.05, 0.1) is 6.07 Å². The maximum atomic E-state index is 8.70. The van der Waals surface area contributed by atoms with Crippen molar-refractivity contribution in [3.05, 3.63) is 12.2 Å². The van der Waals surface area contributed by atoms with Crippen LogP contribution in [0.2, 0.25) is 4.28 Å². The van der Waals surface area contributed by atoms with E-state index in [-0.39, 0.29) is 4.28 Å². The quantitative estimate of drug-likeness (QED) is 0.359. The van der Waals surface area contributed by atoms with Gasteiger partial charge in [-0.05, 0) is 19.3 Å². The molecule has 0 radical (unpaired) electrons. The number of nitrogens with zero attached hydrogens (tertiary/aromatic N) is 1. The minimum Gasteiger partial charge on any atom is -0.199 e. The first-order valence-corrected chi connectivity index (χ1v) is 4.33. The third-order valence-corrected chi connectivity index (χ3v) is 3.00. The molecule has 2 heteroatoms. The fourth-order valence-electron chi connectivity index (χ4n) is 1.07. The van der Waals surface area contributed by atoms with Gasteiger partial charge in [0, 0.05) is 4.28 Å². The summed E-state index contributed by atoms with van der Waals surface area (Å²) in [6.45, 7) is 0. The van der Waals surface area contributed by atoms with Crippen LogP contribution in [0.1, 0.15) is 19.3 Å². The first-order valence-electron chi connectivity index (χ1n) is 3.33. The molecule has 0 aromatic rings. The Morgan fingerprint density at radius 1 is 1.56 bits per heavy atom. The lowest BCUT2D eigenvalue weighted by molar-refractivity contribution is 0.619. The minimum atomic E-state index is 0.0781. The highest BCUT2D eigenvalue weighted by Crippen LogP contribution is 2.34. The summed E-state index contributed by atoms with van der Waals surface area (Å²) in [5.74, 6) is 0. The standard InChI is InChI=1S/C7H8N.Al.2H/c8-6-7-4-2-1-3-5-7;;;/h1-2H,3-5H2;;;. The zero-order valence-electron chi connectivity index (χ0n) is 5.72. The topological polar surface area (TPSA) is 23.8 Å². The molecule has 1 nitrogen and oxygen atoms in total. The minimum absolute atomic E-state index is 0.0781. The summed E-state index contributed by atoms with van der Waals surface area (Å²) in [5, 5.41) is 8.70. The lowest BCUT2D eigenvalue weighted by Crippen LogP contribution is -2.10. The largest absolute Gasteiger partial charge is 0.245 e. The molecule has 1 atom stereocenters. The van der Waals surface area contributed by atoms with Crippen LogP contribution in [-0.4, -0.2) is 16.3 Å². The first-order chi connectivity index (χ1) is 4.27. The van der Waals surface area contributed by atoms with E-state index in [0.29, 0.717) is 0 Å². The van der Waals surface area contributed by atoms with Crippen LogP contribution in [-0.2, 0) is 0 Å². The van der Waals surface area contributed by atoms with Crippen molar-refractivity contribution in [2.75, 3.05) is 0 Å². The molecule has 1 rings (SSSR count). The molecule has 1 aliphatic carbocycles. The van der Waals surface area contributed by atoms with Gasteiger partial charge in [0.2, 0.25) is 16.3 Å². The smallest absolute Gasteiger partial charge is 0.199 e. The predicted octanol–water partition coefficient (Wildman–Crippen LogP) is 1.04. The second kappa shape index (κ2) is 2.57. The highest BCUT2D eigenvalue weighted by molar-refractivity contribution is 6.17. The van der Waals surface area contributed by atoms with Crippen molar-refractivity contribution in [3.8, 4) is 6.07 Å². The molecule has 0 N–H and O–H groups in total. The van der Waals surface area contributed by atoms with Crippen LogP contribution in [0.5, 0.6) is 0 Å². The molecule has 0 amide bonds.